The van der Waals surface area contributed by atoms with E-state index in [0.717, 1.165) is 25.9 Å². The van der Waals surface area contributed by atoms with E-state index < -0.39 is 0 Å². The van der Waals surface area contributed by atoms with Gasteiger partial charge in [-0.1, -0.05) is 0 Å². The first-order valence-electron chi connectivity index (χ1n) is 5.35. The number of carbonyl (C=O) groups is 2. The van der Waals surface area contributed by atoms with Gasteiger partial charge in [0.1, 0.15) is 0 Å². The fourth-order valence-electron chi connectivity index (χ4n) is 1.57. The third-order valence-corrected chi connectivity index (χ3v) is 2.74. The average Bonchev–Trinajstić information content (AvgIpc) is 2.26. The molecule has 15 heavy (non-hydrogen) atoms. The number of amides is 2. The van der Waals surface area contributed by atoms with Gasteiger partial charge in [-0.15, -0.1) is 0 Å². The lowest BCUT2D eigenvalue weighted by Gasteiger charge is -2.26. The van der Waals surface area contributed by atoms with Crippen molar-refractivity contribution in [3.63, 3.8) is 0 Å². The molecular weight excluding hydrogens is 212 g/mol. The first kappa shape index (κ1) is 12.4. The maximum Gasteiger partial charge on any atom is 0.241 e. The molecule has 1 aliphatic heterocycles. The van der Waals surface area contributed by atoms with Crippen LogP contribution >= 0.6 is 12.6 Å². The summed E-state index contributed by atoms with van der Waals surface area (Å²) in [6.07, 6.45) is 3.34. The van der Waals surface area contributed by atoms with Crippen LogP contribution in [0.3, 0.4) is 0 Å². The Balaban J connectivity index is 2.26. The molecule has 1 saturated heterocycles. The number of thiol groups is 1. The Hall–Kier alpha value is -0.710. The third kappa shape index (κ3) is 4.11. The van der Waals surface area contributed by atoms with Crippen LogP contribution in [0.5, 0.6) is 0 Å². The maximum absolute atomic E-state index is 11.6. The van der Waals surface area contributed by atoms with E-state index in [1.807, 2.05) is 4.90 Å². The standard InChI is InChI=1S/C10H18N2O2S/c1-8(15)10(14)11-7-9(13)12-5-3-2-4-6-12/h8,15H,2-7H2,1H3,(H,11,14). The van der Waals surface area contributed by atoms with E-state index in [9.17, 15) is 9.59 Å². The summed E-state index contributed by atoms with van der Waals surface area (Å²) < 4.78 is 0. The van der Waals surface area contributed by atoms with Gasteiger partial charge < -0.3 is 10.2 Å². The van der Waals surface area contributed by atoms with E-state index in [1.54, 1.807) is 6.92 Å². The molecule has 1 rings (SSSR count). The molecule has 1 unspecified atom stereocenters. The predicted molar refractivity (Wildman–Crippen MR) is 61.9 cm³/mol. The van der Waals surface area contributed by atoms with Crippen molar-refractivity contribution in [3.05, 3.63) is 0 Å². The fraction of sp³-hybridized carbons (Fsp3) is 0.800. The summed E-state index contributed by atoms with van der Waals surface area (Å²) in [5.41, 5.74) is 0. The normalized spacial score (nSPS) is 18.4. The second kappa shape index (κ2) is 6.00. The molecule has 5 heteroatoms. The van der Waals surface area contributed by atoms with E-state index in [2.05, 4.69) is 17.9 Å². The van der Waals surface area contributed by atoms with Gasteiger partial charge in [-0.2, -0.15) is 12.6 Å². The lowest BCUT2D eigenvalue weighted by molar-refractivity contribution is -0.133. The molecule has 0 aromatic carbocycles. The number of hydrogen-bond acceptors (Lipinski definition) is 3. The predicted octanol–water partition coefficient (Wildman–Crippen LogP) is 0.433. The summed E-state index contributed by atoms with van der Waals surface area (Å²) in [5.74, 6) is -0.180. The molecular formula is C10H18N2O2S. The highest BCUT2D eigenvalue weighted by molar-refractivity contribution is 7.81. The zero-order valence-corrected chi connectivity index (χ0v) is 9.93. The molecule has 0 spiro atoms. The first-order valence-corrected chi connectivity index (χ1v) is 5.86. The van der Waals surface area contributed by atoms with Crippen LogP contribution in [-0.2, 0) is 9.59 Å². The van der Waals surface area contributed by atoms with Gasteiger partial charge in [-0.05, 0) is 26.2 Å². The molecule has 1 heterocycles. The molecule has 2 amide bonds. The van der Waals surface area contributed by atoms with Gasteiger partial charge in [0.15, 0.2) is 0 Å². The summed E-state index contributed by atoms with van der Waals surface area (Å²) in [7, 11) is 0. The summed E-state index contributed by atoms with van der Waals surface area (Å²) in [5, 5.41) is 2.21. The van der Waals surface area contributed by atoms with Crippen LogP contribution in [0.1, 0.15) is 26.2 Å². The number of carbonyl (C=O) groups excluding carboxylic acids is 2. The minimum Gasteiger partial charge on any atom is -0.346 e. The first-order chi connectivity index (χ1) is 7.11. The Morgan fingerprint density at radius 3 is 2.47 bits per heavy atom. The highest BCUT2D eigenvalue weighted by Gasteiger charge is 2.17. The number of piperidine rings is 1. The summed E-state index contributed by atoms with van der Waals surface area (Å²) in [6, 6.07) is 0. The Morgan fingerprint density at radius 2 is 1.93 bits per heavy atom. The molecule has 1 N–H and O–H groups in total. The number of nitrogens with one attached hydrogen (secondary N) is 1. The van der Waals surface area contributed by atoms with Crippen molar-refractivity contribution in [2.24, 2.45) is 0 Å². The summed E-state index contributed by atoms with van der Waals surface area (Å²) >= 11 is 3.99. The van der Waals surface area contributed by atoms with Crippen molar-refractivity contribution < 1.29 is 9.59 Å². The van der Waals surface area contributed by atoms with Crippen LogP contribution in [0, 0.1) is 0 Å². The van der Waals surface area contributed by atoms with Crippen molar-refractivity contribution in [1.29, 1.82) is 0 Å². The lowest BCUT2D eigenvalue weighted by atomic mass is 10.1. The number of hydrogen-bond donors (Lipinski definition) is 2. The summed E-state index contributed by atoms with van der Waals surface area (Å²) in [4.78, 5) is 24.6. The van der Waals surface area contributed by atoms with Crippen LogP contribution in [0.15, 0.2) is 0 Å². The number of likely N-dealkylation sites (tertiary alicyclic amines) is 1. The van der Waals surface area contributed by atoms with Gasteiger partial charge in [0.25, 0.3) is 0 Å². The van der Waals surface area contributed by atoms with E-state index in [4.69, 9.17) is 0 Å². The number of rotatable bonds is 3. The van der Waals surface area contributed by atoms with Gasteiger partial charge in [-0.3, -0.25) is 9.59 Å². The van der Waals surface area contributed by atoms with Crippen LogP contribution < -0.4 is 5.32 Å². The molecule has 1 atom stereocenters. The van der Waals surface area contributed by atoms with Crippen LogP contribution in [0.2, 0.25) is 0 Å². The van der Waals surface area contributed by atoms with Gasteiger partial charge in [-0.25, -0.2) is 0 Å². The van der Waals surface area contributed by atoms with E-state index in [0.29, 0.717) is 0 Å². The molecule has 86 valence electrons. The van der Waals surface area contributed by atoms with Crippen LogP contribution in [-0.4, -0.2) is 41.6 Å². The zero-order chi connectivity index (χ0) is 11.3. The minimum atomic E-state index is -0.362. The molecule has 0 radical (unpaired) electrons. The highest BCUT2D eigenvalue weighted by Crippen LogP contribution is 2.08. The van der Waals surface area contributed by atoms with Gasteiger partial charge in [0, 0.05) is 13.1 Å². The number of nitrogens with zero attached hydrogens (tertiary/aromatic N) is 1. The van der Waals surface area contributed by atoms with Gasteiger partial charge >= 0.3 is 0 Å². The zero-order valence-electron chi connectivity index (χ0n) is 9.03. The van der Waals surface area contributed by atoms with Crippen LogP contribution in [0.4, 0.5) is 0 Å². The monoisotopic (exact) mass is 230 g/mol. The molecule has 0 aromatic rings. The summed E-state index contributed by atoms with van der Waals surface area (Å²) in [6.45, 7) is 3.43. The largest absolute Gasteiger partial charge is 0.346 e. The topological polar surface area (TPSA) is 49.4 Å². The van der Waals surface area contributed by atoms with Crippen molar-refractivity contribution in [1.82, 2.24) is 10.2 Å². The van der Waals surface area contributed by atoms with E-state index in [-0.39, 0.29) is 23.6 Å². The van der Waals surface area contributed by atoms with Crippen molar-refractivity contribution in [2.45, 2.75) is 31.4 Å². The molecule has 1 aliphatic rings. The Bertz CT molecular complexity index is 238. The maximum atomic E-state index is 11.6. The van der Waals surface area contributed by atoms with E-state index in [1.165, 1.54) is 6.42 Å². The van der Waals surface area contributed by atoms with Gasteiger partial charge in [0.2, 0.25) is 11.8 Å². The Kier molecular flexibility index (Phi) is 4.94. The van der Waals surface area contributed by atoms with Crippen molar-refractivity contribution in [3.8, 4) is 0 Å². The lowest BCUT2D eigenvalue weighted by Crippen LogP contribution is -2.43. The molecule has 0 bridgehead atoms. The van der Waals surface area contributed by atoms with Crippen LogP contribution in [0.25, 0.3) is 0 Å². The molecule has 0 aliphatic carbocycles. The third-order valence-electron chi connectivity index (χ3n) is 2.50. The molecule has 4 nitrogen and oxygen atoms in total. The molecule has 0 saturated carbocycles. The average molecular weight is 230 g/mol. The Morgan fingerprint density at radius 1 is 1.33 bits per heavy atom. The van der Waals surface area contributed by atoms with Crippen molar-refractivity contribution >= 4 is 24.4 Å². The Labute approximate surface area is 95.8 Å². The minimum absolute atomic E-state index is 0.0111. The second-order valence-corrected chi connectivity index (χ2v) is 4.61. The van der Waals surface area contributed by atoms with E-state index >= 15 is 0 Å². The smallest absolute Gasteiger partial charge is 0.241 e. The fourth-order valence-corrected chi connectivity index (χ4v) is 1.66. The van der Waals surface area contributed by atoms with Crippen molar-refractivity contribution in [2.75, 3.05) is 19.6 Å². The molecule has 0 aromatic heterocycles. The van der Waals surface area contributed by atoms with Gasteiger partial charge in [0.05, 0.1) is 11.8 Å². The molecule has 1 fully saturated rings. The SMILES string of the molecule is CC(S)C(=O)NCC(=O)N1CCCCC1. The highest BCUT2D eigenvalue weighted by atomic mass is 32.1. The quantitative estimate of drug-likeness (QED) is 0.691. The second-order valence-electron chi connectivity index (χ2n) is 3.84.